The summed E-state index contributed by atoms with van der Waals surface area (Å²) in [4.78, 5) is 0. The second-order valence-electron chi connectivity index (χ2n) is 3.73. The minimum Gasteiger partial charge on any atom is -0.492 e. The zero-order valence-corrected chi connectivity index (χ0v) is 10.1. The van der Waals surface area contributed by atoms with Crippen LogP contribution in [0.15, 0.2) is 18.2 Å². The van der Waals surface area contributed by atoms with E-state index >= 15 is 0 Å². The number of halogens is 1. The Labute approximate surface area is 102 Å². The van der Waals surface area contributed by atoms with Gasteiger partial charge in [0, 0.05) is 18.5 Å². The Morgan fingerprint density at radius 3 is 3.00 bits per heavy atom. The molecule has 0 heterocycles. The molecule has 2 nitrogen and oxygen atoms in total. The maximum absolute atomic E-state index is 13.1. The normalized spacial score (nSPS) is 9.94. The number of rotatable bonds is 7. The van der Waals surface area contributed by atoms with Gasteiger partial charge in [-0.25, -0.2) is 4.39 Å². The SMILES string of the molecule is C#CCCOc1ccc(F)cc1CNCCC. The van der Waals surface area contributed by atoms with Gasteiger partial charge >= 0.3 is 0 Å². The molecular formula is C14H18FNO. The summed E-state index contributed by atoms with van der Waals surface area (Å²) in [5.41, 5.74) is 0.829. The van der Waals surface area contributed by atoms with Crippen molar-refractivity contribution in [3.63, 3.8) is 0 Å². The van der Waals surface area contributed by atoms with Crippen LogP contribution < -0.4 is 10.1 Å². The van der Waals surface area contributed by atoms with Gasteiger partial charge in [0.05, 0.1) is 6.61 Å². The van der Waals surface area contributed by atoms with Crippen LogP contribution >= 0.6 is 0 Å². The molecule has 0 spiro atoms. The van der Waals surface area contributed by atoms with Crippen LogP contribution in [0, 0.1) is 18.2 Å². The van der Waals surface area contributed by atoms with Crippen LogP contribution in [0.3, 0.4) is 0 Å². The van der Waals surface area contributed by atoms with E-state index < -0.39 is 0 Å². The lowest BCUT2D eigenvalue weighted by Gasteiger charge is -2.11. The van der Waals surface area contributed by atoms with Crippen LogP contribution in [0.25, 0.3) is 0 Å². The molecule has 0 aliphatic carbocycles. The van der Waals surface area contributed by atoms with Crippen LogP contribution in [0.1, 0.15) is 25.3 Å². The number of hydrogen-bond acceptors (Lipinski definition) is 2. The van der Waals surface area contributed by atoms with E-state index in [1.807, 2.05) is 0 Å². The van der Waals surface area contributed by atoms with Gasteiger partial charge in [-0.2, -0.15) is 0 Å². The maximum atomic E-state index is 13.1. The van der Waals surface area contributed by atoms with Gasteiger partial charge in [-0.15, -0.1) is 12.3 Å². The van der Waals surface area contributed by atoms with E-state index in [0.29, 0.717) is 25.3 Å². The summed E-state index contributed by atoms with van der Waals surface area (Å²) in [6.07, 6.45) is 6.75. The molecule has 0 saturated heterocycles. The third-order valence-corrected chi connectivity index (χ3v) is 2.27. The summed E-state index contributed by atoms with van der Waals surface area (Å²) in [5.74, 6) is 2.96. The van der Waals surface area contributed by atoms with Crippen molar-refractivity contribution in [3.05, 3.63) is 29.6 Å². The fraction of sp³-hybridized carbons (Fsp3) is 0.429. The number of ether oxygens (including phenoxy) is 1. The van der Waals surface area contributed by atoms with E-state index in [1.165, 1.54) is 12.1 Å². The lowest BCUT2D eigenvalue weighted by molar-refractivity contribution is 0.322. The first-order valence-corrected chi connectivity index (χ1v) is 5.83. The second-order valence-corrected chi connectivity index (χ2v) is 3.73. The fourth-order valence-corrected chi connectivity index (χ4v) is 1.45. The topological polar surface area (TPSA) is 21.3 Å². The van der Waals surface area contributed by atoms with E-state index in [-0.39, 0.29) is 5.82 Å². The zero-order chi connectivity index (χ0) is 12.5. The van der Waals surface area contributed by atoms with Gasteiger partial charge in [-0.1, -0.05) is 6.92 Å². The number of benzene rings is 1. The Balaban J connectivity index is 2.63. The van der Waals surface area contributed by atoms with Gasteiger partial charge in [-0.3, -0.25) is 0 Å². The summed E-state index contributed by atoms with van der Waals surface area (Å²) in [6.45, 7) is 4.06. The average Bonchev–Trinajstić information content (AvgIpc) is 2.32. The predicted molar refractivity (Wildman–Crippen MR) is 67.3 cm³/mol. The lowest BCUT2D eigenvalue weighted by Crippen LogP contribution is -2.15. The molecule has 0 bridgehead atoms. The van der Waals surface area contributed by atoms with Crippen molar-refractivity contribution in [1.29, 1.82) is 0 Å². The Kier molecular flexibility index (Phi) is 6.13. The third kappa shape index (κ3) is 4.88. The molecule has 0 aliphatic rings. The fourth-order valence-electron chi connectivity index (χ4n) is 1.45. The van der Waals surface area contributed by atoms with Crippen molar-refractivity contribution in [3.8, 4) is 18.1 Å². The smallest absolute Gasteiger partial charge is 0.124 e. The first-order chi connectivity index (χ1) is 8.27. The van der Waals surface area contributed by atoms with Gasteiger partial charge in [0.1, 0.15) is 11.6 Å². The third-order valence-electron chi connectivity index (χ3n) is 2.27. The average molecular weight is 235 g/mol. The van der Waals surface area contributed by atoms with Crippen LogP contribution in [-0.4, -0.2) is 13.2 Å². The highest BCUT2D eigenvalue weighted by atomic mass is 19.1. The van der Waals surface area contributed by atoms with Gasteiger partial charge < -0.3 is 10.1 Å². The largest absolute Gasteiger partial charge is 0.492 e. The maximum Gasteiger partial charge on any atom is 0.124 e. The van der Waals surface area contributed by atoms with E-state index in [1.54, 1.807) is 6.07 Å². The van der Waals surface area contributed by atoms with E-state index in [9.17, 15) is 4.39 Å². The summed E-state index contributed by atoms with van der Waals surface area (Å²) < 4.78 is 18.6. The minimum atomic E-state index is -0.248. The van der Waals surface area contributed by atoms with E-state index in [0.717, 1.165) is 18.5 Å². The standard InChI is InChI=1S/C14H18FNO/c1-3-5-9-17-14-7-6-13(15)10-12(14)11-16-8-4-2/h1,6-7,10,16H,4-5,8-9,11H2,2H3. The molecule has 3 heteroatoms. The molecule has 0 atom stereocenters. The van der Waals surface area contributed by atoms with Crippen LogP contribution in [0.5, 0.6) is 5.75 Å². The number of nitrogens with one attached hydrogen (secondary N) is 1. The number of terminal acetylenes is 1. The van der Waals surface area contributed by atoms with Gasteiger partial charge in [0.25, 0.3) is 0 Å². The minimum absolute atomic E-state index is 0.248. The van der Waals surface area contributed by atoms with Crippen molar-refractivity contribution in [2.45, 2.75) is 26.3 Å². The molecular weight excluding hydrogens is 217 g/mol. The second kappa shape index (κ2) is 7.70. The zero-order valence-electron chi connectivity index (χ0n) is 10.1. The predicted octanol–water partition coefficient (Wildman–Crippen LogP) is 2.73. The van der Waals surface area contributed by atoms with E-state index in [4.69, 9.17) is 11.2 Å². The molecule has 1 aromatic carbocycles. The highest BCUT2D eigenvalue weighted by Gasteiger charge is 2.04. The Morgan fingerprint density at radius 2 is 2.29 bits per heavy atom. The number of hydrogen-bond donors (Lipinski definition) is 1. The van der Waals surface area contributed by atoms with Crippen LogP contribution in [0.4, 0.5) is 4.39 Å². The van der Waals surface area contributed by atoms with Crippen LogP contribution in [0.2, 0.25) is 0 Å². The molecule has 0 radical (unpaired) electrons. The van der Waals surface area contributed by atoms with E-state index in [2.05, 4.69) is 18.2 Å². The van der Waals surface area contributed by atoms with Crippen molar-refractivity contribution in [2.24, 2.45) is 0 Å². The Hall–Kier alpha value is -1.53. The first-order valence-electron chi connectivity index (χ1n) is 5.83. The molecule has 1 N–H and O–H groups in total. The molecule has 0 unspecified atom stereocenters. The summed E-state index contributed by atoms with van der Waals surface area (Å²) in [6, 6.07) is 4.54. The Morgan fingerprint density at radius 1 is 1.47 bits per heavy atom. The molecule has 0 saturated carbocycles. The summed E-state index contributed by atoms with van der Waals surface area (Å²) >= 11 is 0. The van der Waals surface area contributed by atoms with Crippen molar-refractivity contribution < 1.29 is 9.13 Å². The summed E-state index contributed by atoms with van der Waals surface area (Å²) in [5, 5.41) is 3.22. The van der Waals surface area contributed by atoms with Crippen molar-refractivity contribution >= 4 is 0 Å². The highest BCUT2D eigenvalue weighted by molar-refractivity contribution is 5.34. The molecule has 1 rings (SSSR count). The van der Waals surface area contributed by atoms with Crippen molar-refractivity contribution in [2.75, 3.05) is 13.2 Å². The quantitative estimate of drug-likeness (QED) is 0.579. The molecule has 92 valence electrons. The van der Waals surface area contributed by atoms with Gasteiger partial charge in [0.15, 0.2) is 0 Å². The summed E-state index contributed by atoms with van der Waals surface area (Å²) in [7, 11) is 0. The van der Waals surface area contributed by atoms with Crippen LogP contribution in [-0.2, 0) is 6.54 Å². The molecule has 0 amide bonds. The van der Waals surface area contributed by atoms with Gasteiger partial charge in [-0.05, 0) is 31.2 Å². The molecule has 0 aliphatic heterocycles. The monoisotopic (exact) mass is 235 g/mol. The van der Waals surface area contributed by atoms with Crippen molar-refractivity contribution in [1.82, 2.24) is 5.32 Å². The Bertz CT molecular complexity index is 384. The molecule has 0 fully saturated rings. The van der Waals surface area contributed by atoms with Gasteiger partial charge in [0.2, 0.25) is 0 Å². The highest BCUT2D eigenvalue weighted by Crippen LogP contribution is 2.19. The lowest BCUT2D eigenvalue weighted by atomic mass is 10.2. The molecule has 1 aromatic rings. The first kappa shape index (κ1) is 13.5. The molecule has 0 aromatic heterocycles. The molecule has 17 heavy (non-hydrogen) atoms.